The molecule has 1 saturated carbocycles. The lowest BCUT2D eigenvalue weighted by Gasteiger charge is -2.27. The van der Waals surface area contributed by atoms with Crippen LogP contribution in [0.1, 0.15) is 63.1 Å². The van der Waals surface area contributed by atoms with Gasteiger partial charge in [-0.05, 0) is 36.3 Å². The van der Waals surface area contributed by atoms with E-state index in [1.807, 2.05) is 11.3 Å². The molecule has 1 fully saturated rings. The van der Waals surface area contributed by atoms with Gasteiger partial charge in [-0.3, -0.25) is 0 Å². The highest BCUT2D eigenvalue weighted by molar-refractivity contribution is 7.12. The molecule has 2 unspecified atom stereocenters. The van der Waals surface area contributed by atoms with Crippen LogP contribution < -0.4 is 5.32 Å². The van der Waals surface area contributed by atoms with Crippen LogP contribution in [0.15, 0.2) is 12.1 Å². The smallest absolute Gasteiger partial charge is 0.0302 e. The first-order valence-electron chi connectivity index (χ1n) is 7.28. The molecular weight excluding hydrogens is 238 g/mol. The van der Waals surface area contributed by atoms with E-state index in [0.717, 1.165) is 18.5 Å². The van der Waals surface area contributed by atoms with Crippen molar-refractivity contribution in [2.45, 2.75) is 71.4 Å². The van der Waals surface area contributed by atoms with Crippen LogP contribution in [0, 0.1) is 5.92 Å². The van der Waals surface area contributed by atoms with Crippen molar-refractivity contribution in [3.63, 3.8) is 0 Å². The molecule has 1 heterocycles. The predicted molar refractivity (Wildman–Crippen MR) is 81.3 cm³/mol. The zero-order valence-electron chi connectivity index (χ0n) is 12.3. The molecule has 2 atom stereocenters. The van der Waals surface area contributed by atoms with E-state index < -0.39 is 0 Å². The molecule has 0 aliphatic heterocycles. The number of rotatable bonds is 3. The topological polar surface area (TPSA) is 12.0 Å². The molecular formula is C16H27NS. The first kappa shape index (κ1) is 14.1. The van der Waals surface area contributed by atoms with Crippen molar-refractivity contribution in [2.24, 2.45) is 5.92 Å². The molecule has 1 aliphatic carbocycles. The Morgan fingerprint density at radius 2 is 2.06 bits per heavy atom. The maximum atomic E-state index is 3.74. The summed E-state index contributed by atoms with van der Waals surface area (Å²) >= 11 is 1.97. The molecule has 102 valence electrons. The Morgan fingerprint density at radius 1 is 1.28 bits per heavy atom. The van der Waals surface area contributed by atoms with Crippen molar-refractivity contribution in [2.75, 3.05) is 0 Å². The van der Waals surface area contributed by atoms with Crippen molar-refractivity contribution in [3.8, 4) is 0 Å². The molecule has 0 saturated heterocycles. The van der Waals surface area contributed by atoms with E-state index in [4.69, 9.17) is 0 Å². The van der Waals surface area contributed by atoms with Crippen LogP contribution in [0.4, 0.5) is 0 Å². The van der Waals surface area contributed by atoms with Crippen molar-refractivity contribution in [1.29, 1.82) is 0 Å². The zero-order chi connectivity index (χ0) is 13.2. The number of nitrogens with one attached hydrogen (secondary N) is 1. The van der Waals surface area contributed by atoms with E-state index in [9.17, 15) is 0 Å². The Morgan fingerprint density at radius 3 is 2.67 bits per heavy atom. The Labute approximate surface area is 116 Å². The van der Waals surface area contributed by atoms with Gasteiger partial charge < -0.3 is 5.32 Å². The Bertz CT molecular complexity index is 375. The van der Waals surface area contributed by atoms with Crippen LogP contribution in [0.2, 0.25) is 0 Å². The van der Waals surface area contributed by atoms with Crippen LogP contribution in [-0.4, -0.2) is 6.04 Å². The molecule has 1 aromatic heterocycles. The molecule has 0 bridgehead atoms. The van der Waals surface area contributed by atoms with Crippen LogP contribution >= 0.6 is 11.3 Å². The predicted octanol–water partition coefficient (Wildman–Crippen LogP) is 4.71. The van der Waals surface area contributed by atoms with Crippen LogP contribution in [0.5, 0.6) is 0 Å². The van der Waals surface area contributed by atoms with Gasteiger partial charge in [-0.25, -0.2) is 0 Å². The zero-order valence-corrected chi connectivity index (χ0v) is 13.1. The van der Waals surface area contributed by atoms with E-state index in [0.29, 0.717) is 5.41 Å². The summed E-state index contributed by atoms with van der Waals surface area (Å²) in [6.45, 7) is 10.3. The summed E-state index contributed by atoms with van der Waals surface area (Å²) in [5, 5.41) is 3.74. The van der Waals surface area contributed by atoms with Gasteiger partial charge in [-0.15, -0.1) is 11.3 Å². The normalized spacial score (nSPS) is 25.3. The molecule has 1 aliphatic rings. The average Bonchev–Trinajstić information content (AvgIpc) is 2.74. The van der Waals surface area contributed by atoms with Crippen molar-refractivity contribution >= 4 is 11.3 Å². The number of hydrogen-bond acceptors (Lipinski definition) is 2. The quantitative estimate of drug-likeness (QED) is 0.834. The fourth-order valence-electron chi connectivity index (χ4n) is 2.74. The summed E-state index contributed by atoms with van der Waals surface area (Å²) in [4.78, 5) is 2.98. The molecule has 1 aromatic rings. The Balaban J connectivity index is 1.85. The summed E-state index contributed by atoms with van der Waals surface area (Å²) < 4.78 is 0. The van der Waals surface area contributed by atoms with Crippen LogP contribution in [-0.2, 0) is 12.0 Å². The molecule has 0 spiro atoms. The van der Waals surface area contributed by atoms with E-state index in [2.05, 4.69) is 45.1 Å². The van der Waals surface area contributed by atoms with Crippen molar-refractivity contribution < 1.29 is 0 Å². The standard InChI is InChI=1S/C16H27NS/c1-12-6-5-7-13(10-12)17-11-14-8-9-15(18-14)16(2,3)4/h8-9,12-13,17H,5-7,10-11H2,1-4H3. The molecule has 0 amide bonds. The second-order valence-electron chi connectivity index (χ2n) is 6.87. The monoisotopic (exact) mass is 265 g/mol. The average molecular weight is 265 g/mol. The lowest BCUT2D eigenvalue weighted by molar-refractivity contribution is 0.301. The van der Waals surface area contributed by atoms with Gasteiger partial charge in [-0.1, -0.05) is 40.5 Å². The number of hydrogen-bond donors (Lipinski definition) is 1. The van der Waals surface area contributed by atoms with Crippen molar-refractivity contribution in [1.82, 2.24) is 5.32 Å². The lowest BCUT2D eigenvalue weighted by atomic mass is 9.87. The highest BCUT2D eigenvalue weighted by Crippen LogP contribution is 2.30. The van der Waals surface area contributed by atoms with Gasteiger partial charge in [0.15, 0.2) is 0 Å². The molecule has 0 radical (unpaired) electrons. The second kappa shape index (κ2) is 5.75. The van der Waals surface area contributed by atoms with E-state index in [1.165, 1.54) is 35.4 Å². The molecule has 1 nitrogen and oxygen atoms in total. The minimum absolute atomic E-state index is 0.294. The molecule has 1 N–H and O–H groups in total. The highest BCUT2D eigenvalue weighted by Gasteiger charge is 2.19. The first-order chi connectivity index (χ1) is 8.45. The van der Waals surface area contributed by atoms with Crippen LogP contribution in [0.25, 0.3) is 0 Å². The van der Waals surface area contributed by atoms with E-state index in [-0.39, 0.29) is 0 Å². The third kappa shape index (κ3) is 3.83. The molecule has 0 aromatic carbocycles. The van der Waals surface area contributed by atoms with Gasteiger partial charge in [0.1, 0.15) is 0 Å². The third-order valence-electron chi connectivity index (χ3n) is 3.90. The summed E-state index contributed by atoms with van der Waals surface area (Å²) in [6.07, 6.45) is 5.54. The first-order valence-corrected chi connectivity index (χ1v) is 8.09. The van der Waals surface area contributed by atoms with E-state index in [1.54, 1.807) is 0 Å². The fourth-order valence-corrected chi connectivity index (χ4v) is 3.76. The van der Waals surface area contributed by atoms with Gasteiger partial charge >= 0.3 is 0 Å². The van der Waals surface area contributed by atoms with Gasteiger partial charge in [0.05, 0.1) is 0 Å². The molecule has 2 rings (SSSR count). The molecule has 18 heavy (non-hydrogen) atoms. The summed E-state index contributed by atoms with van der Waals surface area (Å²) in [5.41, 5.74) is 0.294. The Kier molecular flexibility index (Phi) is 4.50. The highest BCUT2D eigenvalue weighted by atomic mass is 32.1. The van der Waals surface area contributed by atoms with Crippen LogP contribution in [0.3, 0.4) is 0 Å². The Hall–Kier alpha value is -0.340. The summed E-state index contributed by atoms with van der Waals surface area (Å²) in [6, 6.07) is 5.34. The van der Waals surface area contributed by atoms with Gasteiger partial charge in [0, 0.05) is 22.3 Å². The third-order valence-corrected chi connectivity index (χ3v) is 5.41. The van der Waals surface area contributed by atoms with E-state index >= 15 is 0 Å². The SMILES string of the molecule is CC1CCCC(NCc2ccc(C(C)(C)C)s2)C1. The second-order valence-corrected chi connectivity index (χ2v) is 8.03. The maximum absolute atomic E-state index is 3.74. The largest absolute Gasteiger partial charge is 0.309 e. The maximum Gasteiger partial charge on any atom is 0.0302 e. The van der Waals surface area contributed by atoms with Gasteiger partial charge in [0.25, 0.3) is 0 Å². The van der Waals surface area contributed by atoms with Gasteiger partial charge in [0.2, 0.25) is 0 Å². The summed E-state index contributed by atoms with van der Waals surface area (Å²) in [7, 11) is 0. The lowest BCUT2D eigenvalue weighted by Crippen LogP contribution is -2.32. The van der Waals surface area contributed by atoms with Gasteiger partial charge in [-0.2, -0.15) is 0 Å². The molecule has 2 heteroatoms. The fraction of sp³-hybridized carbons (Fsp3) is 0.750. The minimum Gasteiger partial charge on any atom is -0.309 e. The number of thiophene rings is 1. The van der Waals surface area contributed by atoms with Crippen molar-refractivity contribution in [3.05, 3.63) is 21.9 Å². The summed E-state index contributed by atoms with van der Waals surface area (Å²) in [5.74, 6) is 0.907. The minimum atomic E-state index is 0.294.